The highest BCUT2D eigenvalue weighted by Gasteiger charge is 2.27. The van der Waals surface area contributed by atoms with Crippen molar-refractivity contribution in [3.8, 4) is 0 Å². The summed E-state index contributed by atoms with van der Waals surface area (Å²) in [5.74, 6) is 0.995. The Morgan fingerprint density at radius 2 is 2.04 bits per heavy atom. The molecule has 0 saturated heterocycles. The van der Waals surface area contributed by atoms with Gasteiger partial charge in [0.1, 0.15) is 5.01 Å². The molecule has 0 saturated carbocycles. The summed E-state index contributed by atoms with van der Waals surface area (Å²) in [5, 5.41) is 2.92. The van der Waals surface area contributed by atoms with E-state index in [1.165, 1.54) is 19.8 Å². The molecule has 1 rings (SSSR count). The maximum Gasteiger partial charge on any atom is 0.303 e. The Kier molecular flexibility index (Phi) is 8.92. The van der Waals surface area contributed by atoms with Gasteiger partial charge < -0.3 is 9.64 Å². The lowest BCUT2D eigenvalue weighted by atomic mass is 9.95. The van der Waals surface area contributed by atoms with Gasteiger partial charge >= 0.3 is 5.97 Å². The van der Waals surface area contributed by atoms with Crippen LogP contribution in [-0.4, -0.2) is 35.5 Å². The van der Waals surface area contributed by atoms with Gasteiger partial charge in [-0.05, 0) is 38.8 Å². The van der Waals surface area contributed by atoms with E-state index in [4.69, 9.17) is 4.74 Å². The fraction of sp³-hybridized carbons (Fsp3) is 0.789. The SMILES string of the molecule is CCC(C)CCN(C)C(CC(OC(C)=O)c1nc(C)cs1)C(C)C. The number of hydrogen-bond acceptors (Lipinski definition) is 5. The molecule has 4 nitrogen and oxygen atoms in total. The molecule has 1 aromatic heterocycles. The number of rotatable bonds is 10. The van der Waals surface area contributed by atoms with E-state index in [1.54, 1.807) is 11.3 Å². The van der Waals surface area contributed by atoms with Crippen molar-refractivity contribution in [1.29, 1.82) is 0 Å². The van der Waals surface area contributed by atoms with E-state index in [0.29, 0.717) is 12.0 Å². The fourth-order valence-corrected chi connectivity index (χ4v) is 3.73. The summed E-state index contributed by atoms with van der Waals surface area (Å²) in [4.78, 5) is 18.5. The molecule has 138 valence electrons. The van der Waals surface area contributed by atoms with Gasteiger partial charge in [0.2, 0.25) is 0 Å². The van der Waals surface area contributed by atoms with E-state index in [-0.39, 0.29) is 12.1 Å². The molecule has 0 amide bonds. The minimum Gasteiger partial charge on any atom is -0.455 e. The topological polar surface area (TPSA) is 42.4 Å². The van der Waals surface area contributed by atoms with E-state index in [9.17, 15) is 4.79 Å². The molecule has 24 heavy (non-hydrogen) atoms. The van der Waals surface area contributed by atoms with Crippen LogP contribution in [0.25, 0.3) is 0 Å². The molecule has 1 aromatic rings. The molecule has 0 bridgehead atoms. The molecule has 3 atom stereocenters. The summed E-state index contributed by atoms with van der Waals surface area (Å²) < 4.78 is 5.61. The average Bonchev–Trinajstić information content (AvgIpc) is 2.94. The molecule has 0 aliphatic heterocycles. The third-order valence-corrected chi connectivity index (χ3v) is 5.74. The quantitative estimate of drug-likeness (QED) is 0.564. The number of carbonyl (C=O) groups excluding carboxylic acids is 1. The first kappa shape index (κ1) is 21.1. The number of aromatic nitrogens is 1. The first-order valence-corrected chi connectivity index (χ1v) is 9.92. The van der Waals surface area contributed by atoms with E-state index in [0.717, 1.165) is 29.6 Å². The van der Waals surface area contributed by atoms with Gasteiger partial charge in [0.15, 0.2) is 6.10 Å². The molecule has 0 N–H and O–H groups in total. The molecular weight excluding hydrogens is 320 g/mol. The van der Waals surface area contributed by atoms with Crippen LogP contribution >= 0.6 is 11.3 Å². The number of aryl methyl sites for hydroxylation is 1. The van der Waals surface area contributed by atoms with Crippen LogP contribution in [0.3, 0.4) is 0 Å². The summed E-state index contributed by atoms with van der Waals surface area (Å²) in [6.45, 7) is 13.5. The highest BCUT2D eigenvalue weighted by Crippen LogP contribution is 2.30. The van der Waals surface area contributed by atoms with Crippen molar-refractivity contribution in [3.05, 3.63) is 16.1 Å². The largest absolute Gasteiger partial charge is 0.455 e. The van der Waals surface area contributed by atoms with Gasteiger partial charge in [-0.25, -0.2) is 4.98 Å². The highest BCUT2D eigenvalue weighted by molar-refractivity contribution is 7.09. The Balaban J connectivity index is 2.82. The molecule has 0 aromatic carbocycles. The number of ether oxygens (including phenoxy) is 1. The zero-order valence-corrected chi connectivity index (χ0v) is 17.2. The van der Waals surface area contributed by atoms with E-state index in [2.05, 4.69) is 44.6 Å². The number of esters is 1. The van der Waals surface area contributed by atoms with Gasteiger partial charge in [-0.2, -0.15) is 0 Å². The predicted octanol–water partition coefficient (Wildman–Crippen LogP) is 4.84. The Bertz CT molecular complexity index is 501. The van der Waals surface area contributed by atoms with Crippen LogP contribution in [0, 0.1) is 18.8 Å². The molecule has 5 heteroatoms. The highest BCUT2D eigenvalue weighted by atomic mass is 32.1. The zero-order chi connectivity index (χ0) is 18.3. The van der Waals surface area contributed by atoms with E-state index in [1.807, 2.05) is 12.3 Å². The summed E-state index contributed by atoms with van der Waals surface area (Å²) in [5.41, 5.74) is 0.985. The Labute approximate surface area is 151 Å². The molecule has 1 heterocycles. The minimum atomic E-state index is -0.250. The van der Waals surface area contributed by atoms with Crippen molar-refractivity contribution in [2.24, 2.45) is 11.8 Å². The summed E-state index contributed by atoms with van der Waals surface area (Å²) >= 11 is 1.58. The normalized spacial score (nSPS) is 15.5. The lowest BCUT2D eigenvalue weighted by Crippen LogP contribution is -2.38. The van der Waals surface area contributed by atoms with Crippen LogP contribution in [0.4, 0.5) is 0 Å². The van der Waals surface area contributed by atoms with Crippen LogP contribution < -0.4 is 0 Å². The molecule has 0 spiro atoms. The van der Waals surface area contributed by atoms with Crippen LogP contribution in [0.1, 0.15) is 70.7 Å². The van der Waals surface area contributed by atoms with Gasteiger partial charge in [0, 0.05) is 30.5 Å². The van der Waals surface area contributed by atoms with Gasteiger partial charge in [-0.15, -0.1) is 11.3 Å². The van der Waals surface area contributed by atoms with Crippen molar-refractivity contribution in [2.45, 2.75) is 73.0 Å². The number of carbonyl (C=O) groups is 1. The Morgan fingerprint density at radius 3 is 2.50 bits per heavy atom. The maximum atomic E-state index is 11.6. The second kappa shape index (κ2) is 10.1. The minimum absolute atomic E-state index is 0.238. The Hall–Kier alpha value is -0.940. The Morgan fingerprint density at radius 1 is 1.38 bits per heavy atom. The summed E-state index contributed by atoms with van der Waals surface area (Å²) in [6.07, 6.45) is 2.96. The van der Waals surface area contributed by atoms with Gasteiger partial charge in [0.25, 0.3) is 0 Å². The van der Waals surface area contributed by atoms with Crippen LogP contribution in [-0.2, 0) is 9.53 Å². The van der Waals surface area contributed by atoms with Gasteiger partial charge in [0.05, 0.1) is 0 Å². The maximum absolute atomic E-state index is 11.6. The van der Waals surface area contributed by atoms with Gasteiger partial charge in [-0.3, -0.25) is 4.79 Å². The first-order valence-electron chi connectivity index (χ1n) is 9.04. The number of nitrogens with zero attached hydrogens (tertiary/aromatic N) is 2. The molecule has 0 fully saturated rings. The smallest absolute Gasteiger partial charge is 0.303 e. The standard InChI is InChI=1S/C19H34N2O2S/c1-8-14(4)9-10-21(7)17(13(2)3)11-18(23-16(6)22)19-20-15(5)12-24-19/h12-14,17-18H,8-11H2,1-7H3. The first-order chi connectivity index (χ1) is 11.2. The predicted molar refractivity (Wildman–Crippen MR) is 101 cm³/mol. The zero-order valence-electron chi connectivity index (χ0n) is 16.3. The van der Waals surface area contributed by atoms with Crippen LogP contribution in [0.2, 0.25) is 0 Å². The fourth-order valence-electron chi connectivity index (χ4n) is 2.89. The van der Waals surface area contributed by atoms with E-state index < -0.39 is 0 Å². The van der Waals surface area contributed by atoms with Crippen molar-refractivity contribution in [1.82, 2.24) is 9.88 Å². The molecular formula is C19H34N2O2S. The summed E-state index contributed by atoms with van der Waals surface area (Å²) in [6, 6.07) is 0.364. The van der Waals surface area contributed by atoms with Crippen LogP contribution in [0.5, 0.6) is 0 Å². The lowest BCUT2D eigenvalue weighted by Gasteiger charge is -2.34. The van der Waals surface area contributed by atoms with Crippen molar-refractivity contribution >= 4 is 17.3 Å². The van der Waals surface area contributed by atoms with Crippen molar-refractivity contribution in [2.75, 3.05) is 13.6 Å². The monoisotopic (exact) mass is 354 g/mol. The average molecular weight is 355 g/mol. The second-order valence-corrected chi connectivity index (χ2v) is 8.14. The molecule has 3 unspecified atom stereocenters. The number of hydrogen-bond donors (Lipinski definition) is 0. The van der Waals surface area contributed by atoms with Gasteiger partial charge in [-0.1, -0.05) is 34.1 Å². The van der Waals surface area contributed by atoms with E-state index >= 15 is 0 Å². The molecule has 0 aliphatic carbocycles. The third-order valence-electron chi connectivity index (χ3n) is 4.68. The van der Waals surface area contributed by atoms with Crippen molar-refractivity contribution in [3.63, 3.8) is 0 Å². The third kappa shape index (κ3) is 6.89. The van der Waals surface area contributed by atoms with Crippen molar-refractivity contribution < 1.29 is 9.53 Å². The van der Waals surface area contributed by atoms with Crippen LogP contribution in [0.15, 0.2) is 5.38 Å². The second-order valence-electron chi connectivity index (χ2n) is 7.25. The molecule has 0 aliphatic rings. The summed E-state index contributed by atoms with van der Waals surface area (Å²) in [7, 11) is 2.19. The molecule has 0 radical (unpaired) electrons. The number of thiazole rings is 1. The lowest BCUT2D eigenvalue weighted by molar-refractivity contribution is -0.148.